The zero-order chi connectivity index (χ0) is 17.8. The Morgan fingerprint density at radius 3 is 1.95 bits per heavy atom. The molecule has 130 valence electrons. The Labute approximate surface area is 135 Å². The average molecular weight is 333 g/mol. The third-order valence-corrected chi connectivity index (χ3v) is 8.30. The van der Waals surface area contributed by atoms with E-state index in [1.165, 1.54) is 0 Å². The van der Waals surface area contributed by atoms with E-state index >= 15 is 0 Å². The number of aliphatic carboxylic acids is 1. The number of esters is 1. The minimum Gasteiger partial charge on any atom is -0.481 e. The molecular weight excluding hydrogens is 300 g/mol. The summed E-state index contributed by atoms with van der Waals surface area (Å²) in [5.41, 5.74) is -0.550. The molecule has 0 heterocycles. The fraction of sp³-hybridized carbons (Fsp3) is 0.875. The summed E-state index contributed by atoms with van der Waals surface area (Å²) >= 11 is 0. The molecule has 0 aliphatic heterocycles. The van der Waals surface area contributed by atoms with Crippen molar-refractivity contribution in [2.75, 3.05) is 0 Å². The molecule has 0 saturated heterocycles. The molecule has 1 atom stereocenters. The van der Waals surface area contributed by atoms with Crippen molar-refractivity contribution in [3.8, 4) is 0 Å². The lowest BCUT2D eigenvalue weighted by atomic mass is 10.1. The topological polar surface area (TPSA) is 72.8 Å². The predicted octanol–water partition coefficient (Wildman–Crippen LogP) is 3.97. The van der Waals surface area contributed by atoms with Gasteiger partial charge in [-0.05, 0) is 45.3 Å². The second kappa shape index (κ2) is 7.59. The van der Waals surface area contributed by atoms with Gasteiger partial charge in [-0.25, -0.2) is 0 Å². The van der Waals surface area contributed by atoms with Crippen LogP contribution in [0.4, 0.5) is 0 Å². The number of hydrogen-bond acceptors (Lipinski definition) is 4. The van der Waals surface area contributed by atoms with Crippen molar-refractivity contribution < 1.29 is 23.9 Å². The Morgan fingerprint density at radius 2 is 1.59 bits per heavy atom. The lowest BCUT2D eigenvalue weighted by molar-refractivity contribution is -0.157. The Morgan fingerprint density at radius 1 is 1.09 bits per heavy atom. The van der Waals surface area contributed by atoms with Crippen LogP contribution in [-0.2, 0) is 18.8 Å². The van der Waals surface area contributed by atoms with Crippen molar-refractivity contribution in [1.29, 1.82) is 0 Å². The lowest BCUT2D eigenvalue weighted by Gasteiger charge is -2.39. The minimum absolute atomic E-state index is 0.00239. The van der Waals surface area contributed by atoms with Crippen molar-refractivity contribution in [3.05, 3.63) is 0 Å². The highest BCUT2D eigenvalue weighted by molar-refractivity contribution is 6.74. The van der Waals surface area contributed by atoms with Gasteiger partial charge in [0, 0.05) is 6.42 Å². The van der Waals surface area contributed by atoms with E-state index in [1.807, 2.05) is 20.8 Å². The molecule has 6 heteroatoms. The van der Waals surface area contributed by atoms with Gasteiger partial charge in [0.2, 0.25) is 0 Å². The third kappa shape index (κ3) is 8.53. The number of carbonyl (C=O) groups excluding carboxylic acids is 1. The fourth-order valence-corrected chi connectivity index (χ4v) is 3.04. The number of rotatable bonds is 7. The minimum atomic E-state index is -2.07. The van der Waals surface area contributed by atoms with Crippen LogP contribution in [0.1, 0.15) is 60.8 Å². The van der Waals surface area contributed by atoms with Gasteiger partial charge < -0.3 is 14.3 Å². The van der Waals surface area contributed by atoms with Crippen LogP contribution in [0.3, 0.4) is 0 Å². The van der Waals surface area contributed by atoms with Gasteiger partial charge in [-0.1, -0.05) is 20.8 Å². The molecule has 0 fully saturated rings. The van der Waals surface area contributed by atoms with E-state index < -0.39 is 26.0 Å². The van der Waals surface area contributed by atoms with Crippen LogP contribution in [0.15, 0.2) is 0 Å². The Bertz CT molecular complexity index is 390. The maximum absolute atomic E-state index is 12.0. The number of ether oxygens (including phenoxy) is 1. The van der Waals surface area contributed by atoms with Crippen molar-refractivity contribution in [1.82, 2.24) is 0 Å². The molecule has 0 bridgehead atoms. The summed E-state index contributed by atoms with van der Waals surface area (Å²) in [6.45, 7) is 16.0. The van der Waals surface area contributed by atoms with E-state index in [9.17, 15) is 9.59 Å². The van der Waals surface area contributed by atoms with Crippen molar-refractivity contribution >= 4 is 20.3 Å². The molecule has 22 heavy (non-hydrogen) atoms. The van der Waals surface area contributed by atoms with Gasteiger partial charge in [-0.2, -0.15) is 0 Å². The summed E-state index contributed by atoms with van der Waals surface area (Å²) in [5, 5.41) is 8.88. The molecule has 0 amide bonds. The SMILES string of the molecule is CC(C)(C)OC(=O)CC(CCC(=O)O)O[Si](C)(C)C(C)(C)C. The fourth-order valence-electron chi connectivity index (χ4n) is 1.65. The smallest absolute Gasteiger partial charge is 0.308 e. The highest BCUT2D eigenvalue weighted by Crippen LogP contribution is 2.38. The van der Waals surface area contributed by atoms with Crippen molar-refractivity contribution in [3.63, 3.8) is 0 Å². The molecule has 5 nitrogen and oxygen atoms in total. The second-order valence-corrected chi connectivity index (χ2v) is 13.0. The summed E-state index contributed by atoms with van der Waals surface area (Å²) in [6, 6.07) is 0. The van der Waals surface area contributed by atoms with Gasteiger partial charge in [0.15, 0.2) is 8.32 Å². The first-order valence-corrected chi connectivity index (χ1v) is 10.7. The predicted molar refractivity (Wildman–Crippen MR) is 89.4 cm³/mol. The van der Waals surface area contributed by atoms with Crippen LogP contribution in [0.25, 0.3) is 0 Å². The van der Waals surface area contributed by atoms with Crippen LogP contribution in [0.5, 0.6) is 0 Å². The van der Waals surface area contributed by atoms with Crippen LogP contribution in [0, 0.1) is 0 Å². The maximum Gasteiger partial charge on any atom is 0.308 e. The largest absolute Gasteiger partial charge is 0.481 e. The van der Waals surface area contributed by atoms with Gasteiger partial charge in [0.25, 0.3) is 0 Å². The van der Waals surface area contributed by atoms with E-state index in [4.69, 9.17) is 14.3 Å². The number of carboxylic acid groups (broad SMARTS) is 1. The number of hydrogen-bond donors (Lipinski definition) is 1. The molecule has 0 aliphatic rings. The standard InChI is InChI=1S/C16H32O5Si/c1-15(2,3)20-14(19)11-12(9-10-13(17)18)21-22(7,8)16(4,5)6/h12H,9-11H2,1-8H3,(H,17,18). The monoisotopic (exact) mass is 332 g/mol. The quantitative estimate of drug-likeness (QED) is 0.564. The maximum atomic E-state index is 12.0. The zero-order valence-electron chi connectivity index (χ0n) is 15.3. The van der Waals surface area contributed by atoms with E-state index in [2.05, 4.69) is 33.9 Å². The van der Waals surface area contributed by atoms with Gasteiger partial charge in [-0.3, -0.25) is 9.59 Å². The highest BCUT2D eigenvalue weighted by atomic mass is 28.4. The summed E-state index contributed by atoms with van der Waals surface area (Å²) in [7, 11) is -2.07. The van der Waals surface area contributed by atoms with Gasteiger partial charge >= 0.3 is 11.9 Å². The third-order valence-electron chi connectivity index (χ3n) is 3.76. The van der Waals surface area contributed by atoms with Crippen LogP contribution in [-0.4, -0.2) is 37.1 Å². The molecule has 0 aromatic rings. The van der Waals surface area contributed by atoms with E-state index in [0.717, 1.165) is 0 Å². The van der Waals surface area contributed by atoms with Gasteiger partial charge in [-0.15, -0.1) is 0 Å². The Kier molecular flexibility index (Phi) is 7.29. The van der Waals surface area contributed by atoms with E-state index in [1.54, 1.807) is 0 Å². The molecule has 1 unspecified atom stereocenters. The van der Waals surface area contributed by atoms with Crippen LogP contribution < -0.4 is 0 Å². The molecular formula is C16H32O5Si. The number of carbonyl (C=O) groups is 2. The first-order valence-electron chi connectivity index (χ1n) is 7.75. The Hall–Kier alpha value is -0.883. The summed E-state index contributed by atoms with van der Waals surface area (Å²) < 4.78 is 11.5. The average Bonchev–Trinajstić information content (AvgIpc) is 2.20. The highest BCUT2D eigenvalue weighted by Gasteiger charge is 2.39. The van der Waals surface area contributed by atoms with Crippen LogP contribution >= 0.6 is 0 Å². The van der Waals surface area contributed by atoms with Crippen molar-refractivity contribution in [2.45, 2.75) is 90.6 Å². The molecule has 1 N–H and O–H groups in total. The molecule has 0 spiro atoms. The molecule has 0 aromatic carbocycles. The molecule has 0 radical (unpaired) electrons. The van der Waals surface area contributed by atoms with E-state index in [-0.39, 0.29) is 23.8 Å². The zero-order valence-corrected chi connectivity index (χ0v) is 16.3. The summed E-state index contributed by atoms with van der Waals surface area (Å²) in [6.07, 6.45) is -0.00732. The van der Waals surface area contributed by atoms with Crippen molar-refractivity contribution in [2.24, 2.45) is 0 Å². The molecule has 0 aromatic heterocycles. The van der Waals surface area contributed by atoms with Gasteiger partial charge in [0.05, 0.1) is 12.5 Å². The summed E-state index contributed by atoms with van der Waals surface area (Å²) in [5.74, 6) is -1.23. The molecule has 0 saturated carbocycles. The molecule has 0 aliphatic carbocycles. The lowest BCUT2D eigenvalue weighted by Crippen LogP contribution is -2.44. The molecule has 0 rings (SSSR count). The normalized spacial score (nSPS) is 14.5. The van der Waals surface area contributed by atoms with Gasteiger partial charge in [0.1, 0.15) is 5.60 Å². The van der Waals surface area contributed by atoms with E-state index in [0.29, 0.717) is 6.42 Å². The first-order chi connectivity index (χ1) is 9.64. The second-order valence-electron chi connectivity index (χ2n) is 8.22. The summed E-state index contributed by atoms with van der Waals surface area (Å²) in [4.78, 5) is 22.8. The van der Waals surface area contributed by atoms with Crippen LogP contribution in [0.2, 0.25) is 18.1 Å². The first kappa shape index (κ1) is 21.1. The number of carboxylic acids is 1. The Balaban J connectivity index is 4.90.